The molecule has 2 aromatic carbocycles. The van der Waals surface area contributed by atoms with E-state index < -0.39 is 0 Å². The maximum atomic E-state index is 13.0. The molecule has 2 aromatic rings. The summed E-state index contributed by atoms with van der Waals surface area (Å²) in [6.07, 6.45) is 1.37. The average Bonchev–Trinajstić information content (AvgIpc) is 2.36. The third kappa shape index (κ3) is 4.03. The molecule has 4 heteroatoms. The predicted molar refractivity (Wildman–Crippen MR) is 80.9 cm³/mol. The molecule has 1 atom stereocenters. The van der Waals surface area contributed by atoms with Crippen LogP contribution in [0.5, 0.6) is 0 Å². The summed E-state index contributed by atoms with van der Waals surface area (Å²) in [5.41, 5.74) is 8.18. The summed E-state index contributed by atoms with van der Waals surface area (Å²) in [5.74, 6) is -0.254. The van der Waals surface area contributed by atoms with Gasteiger partial charge in [0.1, 0.15) is 5.82 Å². The molecular formula is C15H14BrClFN. The first-order valence-corrected chi connectivity index (χ1v) is 7.16. The molecule has 2 rings (SSSR count). The molecule has 19 heavy (non-hydrogen) atoms. The minimum atomic E-state index is -0.254. The van der Waals surface area contributed by atoms with E-state index in [0.29, 0.717) is 12.8 Å². The Balaban J connectivity index is 2.05. The van der Waals surface area contributed by atoms with Crippen LogP contribution in [0.15, 0.2) is 46.9 Å². The second-order valence-electron chi connectivity index (χ2n) is 4.50. The monoisotopic (exact) mass is 341 g/mol. The Labute approximate surface area is 125 Å². The molecule has 1 nitrogen and oxygen atoms in total. The van der Waals surface area contributed by atoms with Gasteiger partial charge in [0.15, 0.2) is 0 Å². The fourth-order valence-electron chi connectivity index (χ4n) is 1.99. The lowest BCUT2D eigenvalue weighted by molar-refractivity contribution is 0.622. The molecule has 1 unspecified atom stereocenters. The smallest absolute Gasteiger partial charge is 0.124 e. The van der Waals surface area contributed by atoms with Gasteiger partial charge in [0.05, 0.1) is 0 Å². The fraction of sp³-hybridized carbons (Fsp3) is 0.200. The summed E-state index contributed by atoms with van der Waals surface area (Å²) in [6, 6.07) is 12.3. The highest BCUT2D eigenvalue weighted by Gasteiger charge is 2.10. The van der Waals surface area contributed by atoms with Crippen molar-refractivity contribution in [2.24, 2.45) is 5.73 Å². The Morgan fingerprint density at radius 1 is 1.11 bits per heavy atom. The van der Waals surface area contributed by atoms with Crippen LogP contribution in [0.25, 0.3) is 0 Å². The molecule has 0 saturated carbocycles. The number of hydrogen-bond acceptors (Lipinski definition) is 1. The van der Waals surface area contributed by atoms with Crippen LogP contribution in [0.4, 0.5) is 4.39 Å². The summed E-state index contributed by atoms with van der Waals surface area (Å²) in [6.45, 7) is 0. The molecular weight excluding hydrogens is 329 g/mol. The molecule has 0 spiro atoms. The van der Waals surface area contributed by atoms with E-state index in [1.54, 1.807) is 6.07 Å². The second-order valence-corrected chi connectivity index (χ2v) is 5.76. The van der Waals surface area contributed by atoms with Crippen LogP contribution < -0.4 is 5.73 Å². The minimum Gasteiger partial charge on any atom is -0.327 e. The fourth-order valence-corrected chi connectivity index (χ4v) is 2.71. The van der Waals surface area contributed by atoms with Gasteiger partial charge in [0.25, 0.3) is 0 Å². The zero-order chi connectivity index (χ0) is 13.8. The molecule has 0 fully saturated rings. The standard InChI is InChI=1S/C15H14BrClFN/c16-14-9-12(18)6-5-10(14)7-13(19)8-11-3-1-2-4-15(11)17/h1-6,9,13H,7-8,19H2. The Hall–Kier alpha value is -0.900. The highest BCUT2D eigenvalue weighted by Crippen LogP contribution is 2.21. The number of halogens is 3. The largest absolute Gasteiger partial charge is 0.327 e. The van der Waals surface area contributed by atoms with Gasteiger partial charge in [-0.1, -0.05) is 51.8 Å². The van der Waals surface area contributed by atoms with Gasteiger partial charge in [-0.2, -0.15) is 0 Å². The second kappa shape index (κ2) is 6.51. The van der Waals surface area contributed by atoms with Crippen molar-refractivity contribution >= 4 is 27.5 Å². The Morgan fingerprint density at radius 2 is 1.79 bits per heavy atom. The van der Waals surface area contributed by atoms with E-state index in [1.165, 1.54) is 12.1 Å². The third-order valence-electron chi connectivity index (χ3n) is 2.94. The van der Waals surface area contributed by atoms with E-state index in [1.807, 2.05) is 24.3 Å². The van der Waals surface area contributed by atoms with Crippen LogP contribution in [0.3, 0.4) is 0 Å². The number of hydrogen-bond donors (Lipinski definition) is 1. The predicted octanol–water partition coefficient (Wildman–Crippen LogP) is 4.35. The highest BCUT2D eigenvalue weighted by atomic mass is 79.9. The zero-order valence-corrected chi connectivity index (χ0v) is 12.6. The first kappa shape index (κ1) is 14.5. The average molecular weight is 343 g/mol. The summed E-state index contributed by atoms with van der Waals surface area (Å²) in [4.78, 5) is 0. The van der Waals surface area contributed by atoms with Crippen molar-refractivity contribution in [1.29, 1.82) is 0 Å². The lowest BCUT2D eigenvalue weighted by Crippen LogP contribution is -2.25. The van der Waals surface area contributed by atoms with E-state index in [0.717, 1.165) is 20.6 Å². The van der Waals surface area contributed by atoms with Gasteiger partial charge >= 0.3 is 0 Å². The molecule has 0 amide bonds. The van der Waals surface area contributed by atoms with Gasteiger partial charge in [0.2, 0.25) is 0 Å². The topological polar surface area (TPSA) is 26.0 Å². The van der Waals surface area contributed by atoms with Crippen molar-refractivity contribution in [3.05, 3.63) is 68.9 Å². The summed E-state index contributed by atoms with van der Waals surface area (Å²) < 4.78 is 13.8. The van der Waals surface area contributed by atoms with Crippen molar-refractivity contribution < 1.29 is 4.39 Å². The molecule has 0 heterocycles. The van der Waals surface area contributed by atoms with E-state index in [-0.39, 0.29) is 11.9 Å². The van der Waals surface area contributed by atoms with Crippen molar-refractivity contribution in [1.82, 2.24) is 0 Å². The van der Waals surface area contributed by atoms with E-state index in [9.17, 15) is 4.39 Å². The lowest BCUT2D eigenvalue weighted by Gasteiger charge is -2.14. The maximum Gasteiger partial charge on any atom is 0.124 e. The number of rotatable bonds is 4. The molecule has 2 N–H and O–H groups in total. The van der Waals surface area contributed by atoms with Crippen molar-refractivity contribution in [3.8, 4) is 0 Å². The molecule has 0 aromatic heterocycles. The van der Waals surface area contributed by atoms with Gasteiger partial charge in [-0.15, -0.1) is 0 Å². The zero-order valence-electron chi connectivity index (χ0n) is 10.2. The van der Waals surface area contributed by atoms with Crippen LogP contribution >= 0.6 is 27.5 Å². The van der Waals surface area contributed by atoms with E-state index >= 15 is 0 Å². The first-order valence-electron chi connectivity index (χ1n) is 5.99. The Kier molecular flexibility index (Phi) is 4.97. The van der Waals surface area contributed by atoms with Gasteiger partial charge in [-0.25, -0.2) is 4.39 Å². The highest BCUT2D eigenvalue weighted by molar-refractivity contribution is 9.10. The molecule has 0 aliphatic carbocycles. The van der Waals surface area contributed by atoms with Gasteiger partial charge < -0.3 is 5.73 Å². The molecule has 100 valence electrons. The number of benzene rings is 2. The van der Waals surface area contributed by atoms with Crippen LogP contribution in [0, 0.1) is 5.82 Å². The molecule has 0 saturated heterocycles. The Bertz CT molecular complexity index is 574. The molecule has 0 bridgehead atoms. The SMILES string of the molecule is NC(Cc1ccccc1Cl)Cc1ccc(F)cc1Br. The first-order chi connectivity index (χ1) is 9.06. The summed E-state index contributed by atoms with van der Waals surface area (Å²) in [7, 11) is 0. The van der Waals surface area contributed by atoms with Gasteiger partial charge in [-0.3, -0.25) is 0 Å². The van der Waals surface area contributed by atoms with Crippen LogP contribution in [0.1, 0.15) is 11.1 Å². The Morgan fingerprint density at radius 3 is 2.47 bits per heavy atom. The maximum absolute atomic E-state index is 13.0. The van der Waals surface area contributed by atoms with Crippen molar-refractivity contribution in [3.63, 3.8) is 0 Å². The van der Waals surface area contributed by atoms with Crippen molar-refractivity contribution in [2.75, 3.05) is 0 Å². The lowest BCUT2D eigenvalue weighted by atomic mass is 10.00. The normalized spacial score (nSPS) is 12.4. The molecule has 0 aliphatic rings. The van der Waals surface area contributed by atoms with Gasteiger partial charge in [-0.05, 0) is 42.2 Å². The van der Waals surface area contributed by atoms with Crippen molar-refractivity contribution in [2.45, 2.75) is 18.9 Å². The van der Waals surface area contributed by atoms with Crippen LogP contribution in [0.2, 0.25) is 5.02 Å². The molecule has 0 radical (unpaired) electrons. The van der Waals surface area contributed by atoms with Crippen LogP contribution in [-0.4, -0.2) is 6.04 Å². The number of nitrogens with two attached hydrogens (primary N) is 1. The molecule has 0 aliphatic heterocycles. The summed E-state index contributed by atoms with van der Waals surface area (Å²) in [5, 5.41) is 0.733. The summed E-state index contributed by atoms with van der Waals surface area (Å²) >= 11 is 9.46. The quantitative estimate of drug-likeness (QED) is 0.878. The van der Waals surface area contributed by atoms with E-state index in [2.05, 4.69) is 15.9 Å². The van der Waals surface area contributed by atoms with Gasteiger partial charge in [0, 0.05) is 15.5 Å². The third-order valence-corrected chi connectivity index (χ3v) is 4.04. The van der Waals surface area contributed by atoms with Crippen LogP contribution in [-0.2, 0) is 12.8 Å². The van der Waals surface area contributed by atoms with E-state index in [4.69, 9.17) is 17.3 Å². The minimum absolute atomic E-state index is 0.0540.